The van der Waals surface area contributed by atoms with Crippen LogP contribution in [0.25, 0.3) is 11.4 Å². The van der Waals surface area contributed by atoms with E-state index >= 15 is 0 Å². The number of benzene rings is 1. The van der Waals surface area contributed by atoms with Crippen LogP contribution in [0.2, 0.25) is 0 Å². The van der Waals surface area contributed by atoms with Gasteiger partial charge in [0.2, 0.25) is 0 Å². The van der Waals surface area contributed by atoms with Gasteiger partial charge in [0, 0.05) is 34.4 Å². The third kappa shape index (κ3) is 4.99. The summed E-state index contributed by atoms with van der Waals surface area (Å²) in [6.45, 7) is 4.98. The van der Waals surface area contributed by atoms with Crippen LogP contribution in [0, 0.1) is 6.92 Å². The van der Waals surface area contributed by atoms with Crippen molar-refractivity contribution < 1.29 is 4.79 Å². The van der Waals surface area contributed by atoms with Crippen molar-refractivity contribution in [1.29, 1.82) is 0 Å². The summed E-state index contributed by atoms with van der Waals surface area (Å²) in [7, 11) is 0. The van der Waals surface area contributed by atoms with Crippen molar-refractivity contribution in [3.8, 4) is 11.4 Å². The van der Waals surface area contributed by atoms with Gasteiger partial charge in [0.1, 0.15) is 5.82 Å². The minimum atomic E-state index is -0.193. The molecule has 0 unspecified atom stereocenters. The van der Waals surface area contributed by atoms with Crippen molar-refractivity contribution in [2.75, 3.05) is 18.4 Å². The first-order valence-corrected chi connectivity index (χ1v) is 10.7. The Kier molecular flexibility index (Phi) is 5.87. The molecule has 2 aromatic heterocycles. The molecule has 7 heteroatoms. The van der Waals surface area contributed by atoms with E-state index in [4.69, 9.17) is 0 Å². The molecule has 0 bridgehead atoms. The number of carbonyl (C=O) groups is 1. The fourth-order valence-corrected chi connectivity index (χ4v) is 4.52. The molecule has 6 nitrogen and oxygen atoms in total. The molecule has 0 saturated carbocycles. The third-order valence-electron chi connectivity index (χ3n) is 4.98. The molecule has 0 spiro atoms. The van der Waals surface area contributed by atoms with Gasteiger partial charge in [-0.1, -0.05) is 18.6 Å². The Balaban J connectivity index is 1.45. The molecular weight excluding hydrogens is 384 g/mol. The highest BCUT2D eigenvalue weighted by Gasteiger charge is 2.14. The first-order valence-electron chi connectivity index (χ1n) is 9.88. The Hall–Kier alpha value is -2.77. The smallest absolute Gasteiger partial charge is 0.265 e. The highest BCUT2D eigenvalue weighted by Crippen LogP contribution is 2.23. The van der Waals surface area contributed by atoms with E-state index in [-0.39, 0.29) is 11.5 Å². The molecule has 29 heavy (non-hydrogen) atoms. The molecule has 3 aromatic rings. The molecule has 1 aromatic carbocycles. The number of anilines is 1. The summed E-state index contributed by atoms with van der Waals surface area (Å²) in [5.74, 6) is 0.369. The van der Waals surface area contributed by atoms with Crippen LogP contribution in [0.4, 0.5) is 5.69 Å². The fraction of sp³-hybridized carbons (Fsp3) is 0.318. The predicted molar refractivity (Wildman–Crippen MR) is 116 cm³/mol. The van der Waals surface area contributed by atoms with Crippen LogP contribution in [0.1, 0.15) is 39.5 Å². The second-order valence-corrected chi connectivity index (χ2v) is 8.54. The topological polar surface area (TPSA) is 78.1 Å². The van der Waals surface area contributed by atoms with Crippen molar-refractivity contribution >= 4 is 22.9 Å². The van der Waals surface area contributed by atoms with Crippen LogP contribution in [-0.4, -0.2) is 33.9 Å². The summed E-state index contributed by atoms with van der Waals surface area (Å²) in [6, 6.07) is 12.7. The lowest BCUT2D eigenvalue weighted by atomic mass is 10.1. The largest absolute Gasteiger partial charge is 0.321 e. The Labute approximate surface area is 173 Å². The molecule has 150 valence electrons. The monoisotopic (exact) mass is 408 g/mol. The Morgan fingerprint density at radius 2 is 2.00 bits per heavy atom. The number of aromatic amines is 1. The number of hydrogen-bond donors (Lipinski definition) is 2. The van der Waals surface area contributed by atoms with Crippen molar-refractivity contribution in [1.82, 2.24) is 14.9 Å². The Morgan fingerprint density at radius 3 is 2.79 bits per heavy atom. The second kappa shape index (κ2) is 8.71. The molecule has 3 heterocycles. The van der Waals surface area contributed by atoms with Gasteiger partial charge >= 0.3 is 0 Å². The van der Waals surface area contributed by atoms with E-state index in [0.29, 0.717) is 22.1 Å². The van der Waals surface area contributed by atoms with E-state index in [9.17, 15) is 9.59 Å². The summed E-state index contributed by atoms with van der Waals surface area (Å²) in [5.41, 5.74) is 1.88. The molecule has 2 N–H and O–H groups in total. The van der Waals surface area contributed by atoms with Crippen molar-refractivity contribution in [3.63, 3.8) is 0 Å². The number of nitrogens with zero attached hydrogens (tertiary/aromatic N) is 2. The van der Waals surface area contributed by atoms with Gasteiger partial charge < -0.3 is 10.3 Å². The number of nitrogens with one attached hydrogen (secondary N) is 2. The predicted octanol–water partition coefficient (Wildman–Crippen LogP) is 4.05. The average molecular weight is 409 g/mol. The van der Waals surface area contributed by atoms with Gasteiger partial charge in [-0.3, -0.25) is 14.5 Å². The van der Waals surface area contributed by atoms with Crippen molar-refractivity contribution in [2.24, 2.45) is 0 Å². The van der Waals surface area contributed by atoms with Crippen LogP contribution in [0.15, 0.2) is 47.3 Å². The molecular formula is C22H24N4O2S. The normalized spacial score (nSPS) is 14.7. The van der Waals surface area contributed by atoms with E-state index in [1.165, 1.54) is 30.2 Å². The molecule has 1 aliphatic heterocycles. The van der Waals surface area contributed by atoms with Gasteiger partial charge in [0.25, 0.3) is 11.5 Å². The van der Waals surface area contributed by atoms with E-state index in [1.54, 1.807) is 18.3 Å². The number of carbonyl (C=O) groups excluding carboxylic acids is 1. The SMILES string of the molecule is Cc1cc(=O)[nH]c(-c2cccc(NC(=O)c3ccc(CN4CCCCC4)s3)c2)n1. The maximum Gasteiger partial charge on any atom is 0.265 e. The second-order valence-electron chi connectivity index (χ2n) is 7.37. The van der Waals surface area contributed by atoms with Gasteiger partial charge in [-0.15, -0.1) is 11.3 Å². The quantitative estimate of drug-likeness (QED) is 0.668. The van der Waals surface area contributed by atoms with Crippen LogP contribution >= 0.6 is 11.3 Å². The van der Waals surface area contributed by atoms with E-state index < -0.39 is 0 Å². The van der Waals surface area contributed by atoms with Gasteiger partial charge in [-0.05, 0) is 57.1 Å². The Bertz CT molecular complexity index is 1070. The molecule has 1 saturated heterocycles. The van der Waals surface area contributed by atoms with E-state index in [0.717, 1.165) is 25.2 Å². The first-order chi connectivity index (χ1) is 14.1. The number of hydrogen-bond acceptors (Lipinski definition) is 5. The summed E-state index contributed by atoms with van der Waals surface area (Å²) >= 11 is 1.54. The molecule has 0 atom stereocenters. The van der Waals surface area contributed by atoms with Crippen molar-refractivity contribution in [3.05, 3.63) is 68.3 Å². The molecule has 4 rings (SSSR count). The molecule has 1 aliphatic rings. The average Bonchev–Trinajstić information content (AvgIpc) is 3.17. The number of likely N-dealkylation sites (tertiary alicyclic amines) is 1. The maximum absolute atomic E-state index is 12.7. The fourth-order valence-electron chi connectivity index (χ4n) is 3.58. The first kappa shape index (κ1) is 19.5. The highest BCUT2D eigenvalue weighted by atomic mass is 32.1. The minimum Gasteiger partial charge on any atom is -0.321 e. The lowest BCUT2D eigenvalue weighted by Crippen LogP contribution is -2.28. The zero-order valence-corrected chi connectivity index (χ0v) is 17.2. The third-order valence-corrected chi connectivity index (χ3v) is 6.05. The molecule has 0 radical (unpaired) electrons. The number of piperidine rings is 1. The van der Waals surface area contributed by atoms with Gasteiger partial charge in [-0.25, -0.2) is 4.98 Å². The lowest BCUT2D eigenvalue weighted by Gasteiger charge is -2.25. The summed E-state index contributed by atoms with van der Waals surface area (Å²) < 4.78 is 0. The summed E-state index contributed by atoms with van der Waals surface area (Å²) in [4.78, 5) is 35.9. The maximum atomic E-state index is 12.7. The van der Waals surface area contributed by atoms with Crippen LogP contribution < -0.4 is 10.9 Å². The number of thiophene rings is 1. The zero-order valence-electron chi connectivity index (χ0n) is 16.4. The standard InChI is InChI=1S/C22H24N4O2S/c1-15-12-20(27)25-21(23-15)16-6-5-7-17(13-16)24-22(28)19-9-8-18(29-19)14-26-10-3-2-4-11-26/h5-9,12-13H,2-4,10-11,14H2,1H3,(H,24,28)(H,23,25,27). The number of aryl methyl sites for hydroxylation is 1. The number of amides is 1. The van der Waals surface area contributed by atoms with Gasteiger partial charge in [0.05, 0.1) is 4.88 Å². The highest BCUT2D eigenvalue weighted by molar-refractivity contribution is 7.14. The van der Waals surface area contributed by atoms with Crippen LogP contribution in [0.3, 0.4) is 0 Å². The molecule has 0 aliphatic carbocycles. The summed E-state index contributed by atoms with van der Waals surface area (Å²) in [5, 5.41) is 2.95. The van der Waals surface area contributed by atoms with Crippen molar-refractivity contribution in [2.45, 2.75) is 32.7 Å². The number of rotatable bonds is 5. The van der Waals surface area contributed by atoms with Gasteiger partial charge in [0.15, 0.2) is 0 Å². The zero-order chi connectivity index (χ0) is 20.2. The number of aromatic nitrogens is 2. The van der Waals surface area contributed by atoms with Crippen LogP contribution in [-0.2, 0) is 6.54 Å². The van der Waals surface area contributed by atoms with E-state index in [2.05, 4.69) is 20.2 Å². The van der Waals surface area contributed by atoms with E-state index in [1.807, 2.05) is 36.4 Å². The number of H-pyrrole nitrogens is 1. The lowest BCUT2D eigenvalue weighted by molar-refractivity contribution is 0.103. The summed E-state index contributed by atoms with van der Waals surface area (Å²) in [6.07, 6.45) is 3.84. The van der Waals surface area contributed by atoms with Gasteiger partial charge in [-0.2, -0.15) is 0 Å². The Morgan fingerprint density at radius 1 is 1.17 bits per heavy atom. The van der Waals surface area contributed by atoms with Crippen LogP contribution in [0.5, 0.6) is 0 Å². The molecule has 1 amide bonds. The minimum absolute atomic E-state index is 0.122. The molecule has 1 fully saturated rings.